The third-order valence-corrected chi connectivity index (χ3v) is 3.81. The van der Waals surface area contributed by atoms with E-state index in [1.807, 2.05) is 0 Å². The third kappa shape index (κ3) is 5.88. The van der Waals surface area contributed by atoms with E-state index in [0.29, 0.717) is 37.1 Å². The van der Waals surface area contributed by atoms with Crippen LogP contribution in [0.15, 0.2) is 41.5 Å². The van der Waals surface area contributed by atoms with Crippen LogP contribution in [0.3, 0.4) is 0 Å². The van der Waals surface area contributed by atoms with Crippen LogP contribution in [0, 0.1) is 0 Å². The number of benzene rings is 2. The number of halogens is 3. The molecule has 0 spiro atoms. The summed E-state index contributed by atoms with van der Waals surface area (Å²) in [6, 6.07) is 7.86. The molecule has 0 heterocycles. The van der Waals surface area contributed by atoms with Gasteiger partial charge in [-0.3, -0.25) is 4.79 Å². The average molecular weight is 424 g/mol. The Hall–Kier alpha value is -3.23. The number of alkyl halides is 3. The lowest BCUT2D eigenvalue weighted by molar-refractivity contribution is -0.137. The molecular weight excluding hydrogens is 401 g/mol. The number of carbonyl (C=O) groups is 1. The fourth-order valence-corrected chi connectivity index (χ4v) is 2.61. The van der Waals surface area contributed by atoms with Gasteiger partial charge in [0.2, 0.25) is 5.75 Å². The monoisotopic (exact) mass is 424 g/mol. The first-order valence-corrected chi connectivity index (χ1v) is 9.37. The molecule has 0 bridgehead atoms. The summed E-state index contributed by atoms with van der Waals surface area (Å²) >= 11 is 0. The first-order chi connectivity index (χ1) is 14.3. The second-order valence-electron chi connectivity index (χ2n) is 5.88. The molecule has 0 unspecified atom stereocenters. The Morgan fingerprint density at radius 1 is 1.00 bits per heavy atom. The maximum absolute atomic E-state index is 13.0. The number of ether oxygens (including phenoxy) is 3. The van der Waals surface area contributed by atoms with E-state index in [4.69, 9.17) is 14.2 Å². The lowest BCUT2D eigenvalue weighted by atomic mass is 10.1. The number of rotatable bonds is 9. The van der Waals surface area contributed by atoms with Gasteiger partial charge < -0.3 is 14.2 Å². The second kappa shape index (κ2) is 10.5. The Labute approximate surface area is 172 Å². The zero-order valence-electron chi connectivity index (χ0n) is 16.9. The smallest absolute Gasteiger partial charge is 0.417 e. The Morgan fingerprint density at radius 2 is 1.57 bits per heavy atom. The number of nitrogens with zero attached hydrogens (tertiary/aromatic N) is 1. The van der Waals surface area contributed by atoms with Crippen LogP contribution in [0.1, 0.15) is 42.3 Å². The zero-order chi connectivity index (χ0) is 22.1. The Morgan fingerprint density at radius 3 is 2.10 bits per heavy atom. The van der Waals surface area contributed by atoms with Gasteiger partial charge in [0, 0.05) is 11.1 Å². The second-order valence-corrected chi connectivity index (χ2v) is 5.88. The first-order valence-electron chi connectivity index (χ1n) is 9.37. The van der Waals surface area contributed by atoms with Gasteiger partial charge in [0.15, 0.2) is 11.5 Å². The third-order valence-electron chi connectivity index (χ3n) is 3.81. The van der Waals surface area contributed by atoms with Crippen molar-refractivity contribution >= 4 is 12.1 Å². The summed E-state index contributed by atoms with van der Waals surface area (Å²) in [6.07, 6.45) is -3.58. The molecule has 1 amide bonds. The van der Waals surface area contributed by atoms with Crippen LogP contribution >= 0.6 is 0 Å². The molecule has 0 fully saturated rings. The van der Waals surface area contributed by atoms with Crippen LogP contribution in [-0.4, -0.2) is 31.9 Å². The molecule has 2 aromatic rings. The van der Waals surface area contributed by atoms with E-state index in [-0.39, 0.29) is 11.1 Å². The fourth-order valence-electron chi connectivity index (χ4n) is 2.61. The number of hydrogen-bond donors (Lipinski definition) is 1. The van der Waals surface area contributed by atoms with Crippen LogP contribution in [0.4, 0.5) is 13.2 Å². The summed E-state index contributed by atoms with van der Waals surface area (Å²) in [7, 11) is 0. The van der Waals surface area contributed by atoms with E-state index in [2.05, 4.69) is 10.5 Å². The highest BCUT2D eigenvalue weighted by Crippen LogP contribution is 2.39. The van der Waals surface area contributed by atoms with Gasteiger partial charge in [-0.15, -0.1) is 0 Å². The van der Waals surface area contributed by atoms with Gasteiger partial charge >= 0.3 is 6.18 Å². The number of hydrogen-bond acceptors (Lipinski definition) is 5. The summed E-state index contributed by atoms with van der Waals surface area (Å²) in [5.74, 6) is 0.379. The molecule has 0 aliphatic heterocycles. The van der Waals surface area contributed by atoms with Gasteiger partial charge in [0.1, 0.15) is 0 Å². The molecule has 0 aliphatic carbocycles. The summed E-state index contributed by atoms with van der Waals surface area (Å²) < 4.78 is 55.8. The molecule has 2 aromatic carbocycles. The van der Waals surface area contributed by atoms with Crippen molar-refractivity contribution in [2.75, 3.05) is 19.8 Å². The van der Waals surface area contributed by atoms with Crippen LogP contribution in [0.2, 0.25) is 0 Å². The molecule has 0 saturated carbocycles. The van der Waals surface area contributed by atoms with Crippen molar-refractivity contribution in [1.82, 2.24) is 5.43 Å². The van der Waals surface area contributed by atoms with E-state index in [1.54, 1.807) is 20.8 Å². The van der Waals surface area contributed by atoms with E-state index < -0.39 is 17.6 Å². The number of nitrogens with one attached hydrogen (secondary N) is 1. The van der Waals surface area contributed by atoms with Crippen molar-refractivity contribution < 1.29 is 32.2 Å². The quantitative estimate of drug-likeness (QED) is 0.469. The highest BCUT2D eigenvalue weighted by Gasteiger charge is 2.32. The normalized spacial score (nSPS) is 11.4. The summed E-state index contributed by atoms with van der Waals surface area (Å²) in [5.41, 5.74) is 1.38. The molecular formula is C21H23F3N2O4. The molecule has 0 aromatic heterocycles. The maximum atomic E-state index is 13.0. The minimum Gasteiger partial charge on any atom is -0.490 e. The SMILES string of the molecule is CCOc1cc(C(=O)N/N=C\c2ccccc2C(F)(F)F)cc(OCC)c1OCC. The van der Waals surface area contributed by atoms with Crippen molar-refractivity contribution in [2.24, 2.45) is 5.10 Å². The maximum Gasteiger partial charge on any atom is 0.417 e. The van der Waals surface area contributed by atoms with Crippen molar-refractivity contribution in [2.45, 2.75) is 26.9 Å². The van der Waals surface area contributed by atoms with Crippen molar-refractivity contribution in [3.05, 3.63) is 53.1 Å². The van der Waals surface area contributed by atoms with Crippen molar-refractivity contribution in [1.29, 1.82) is 0 Å². The van der Waals surface area contributed by atoms with Gasteiger partial charge in [-0.1, -0.05) is 18.2 Å². The van der Waals surface area contributed by atoms with Crippen LogP contribution in [0.5, 0.6) is 17.2 Å². The standard InChI is InChI=1S/C21H23F3N2O4/c1-4-28-17-11-15(12-18(29-5-2)19(17)30-6-3)20(27)26-25-13-14-9-7-8-10-16(14)21(22,23)24/h7-13H,4-6H2,1-3H3,(H,26,27)/b25-13-. The van der Waals surface area contributed by atoms with E-state index in [9.17, 15) is 18.0 Å². The van der Waals surface area contributed by atoms with Gasteiger partial charge in [-0.05, 0) is 39.0 Å². The van der Waals surface area contributed by atoms with Crippen molar-refractivity contribution in [3.63, 3.8) is 0 Å². The Bertz CT molecular complexity index is 871. The van der Waals surface area contributed by atoms with E-state index >= 15 is 0 Å². The molecule has 2 rings (SSSR count). The minimum atomic E-state index is -4.53. The van der Waals surface area contributed by atoms with Crippen LogP contribution in [0.25, 0.3) is 0 Å². The number of hydrazone groups is 1. The number of carbonyl (C=O) groups excluding carboxylic acids is 1. The fraction of sp³-hybridized carbons (Fsp3) is 0.333. The summed E-state index contributed by atoms with van der Waals surface area (Å²) in [5, 5.41) is 3.66. The Balaban J connectivity index is 2.28. The highest BCUT2D eigenvalue weighted by molar-refractivity contribution is 5.96. The minimum absolute atomic E-state index is 0.159. The zero-order valence-corrected chi connectivity index (χ0v) is 16.9. The number of amides is 1. The van der Waals surface area contributed by atoms with Gasteiger partial charge in [-0.2, -0.15) is 18.3 Å². The average Bonchev–Trinajstić information content (AvgIpc) is 2.70. The topological polar surface area (TPSA) is 69.2 Å². The lowest BCUT2D eigenvalue weighted by Crippen LogP contribution is -2.18. The molecule has 9 heteroatoms. The molecule has 6 nitrogen and oxygen atoms in total. The van der Waals surface area contributed by atoms with E-state index in [1.165, 1.54) is 30.3 Å². The van der Waals surface area contributed by atoms with Crippen molar-refractivity contribution in [3.8, 4) is 17.2 Å². The predicted molar refractivity (Wildman–Crippen MR) is 106 cm³/mol. The molecule has 30 heavy (non-hydrogen) atoms. The molecule has 1 N–H and O–H groups in total. The van der Waals surface area contributed by atoms with Gasteiger partial charge in [0.05, 0.1) is 31.6 Å². The molecule has 162 valence electrons. The largest absolute Gasteiger partial charge is 0.490 e. The summed E-state index contributed by atoms with van der Waals surface area (Å²) in [6.45, 7) is 6.41. The Kier molecular flexibility index (Phi) is 8.08. The van der Waals surface area contributed by atoms with Gasteiger partial charge in [0.25, 0.3) is 5.91 Å². The molecule has 0 atom stereocenters. The lowest BCUT2D eigenvalue weighted by Gasteiger charge is -2.16. The van der Waals surface area contributed by atoms with Gasteiger partial charge in [-0.25, -0.2) is 5.43 Å². The van der Waals surface area contributed by atoms with Crippen LogP contribution in [-0.2, 0) is 6.18 Å². The predicted octanol–water partition coefficient (Wildman–Crippen LogP) is 4.67. The van der Waals surface area contributed by atoms with Crippen LogP contribution < -0.4 is 19.6 Å². The summed E-state index contributed by atoms with van der Waals surface area (Å²) in [4.78, 5) is 12.5. The van der Waals surface area contributed by atoms with E-state index in [0.717, 1.165) is 12.3 Å². The first kappa shape index (κ1) is 23.1. The molecule has 0 radical (unpaired) electrons. The molecule has 0 aliphatic rings. The highest BCUT2D eigenvalue weighted by atomic mass is 19.4. The molecule has 0 saturated heterocycles.